The third-order valence-electron chi connectivity index (χ3n) is 3.68. The van der Waals surface area contributed by atoms with Crippen LogP contribution in [-0.4, -0.2) is 55.2 Å². The Morgan fingerprint density at radius 3 is 2.77 bits per heavy atom. The van der Waals surface area contributed by atoms with E-state index in [1.165, 1.54) is 14.2 Å². The number of rotatable bonds is 6. The Labute approximate surface area is 128 Å². The lowest BCUT2D eigenvalue weighted by molar-refractivity contribution is -0.142. The van der Waals surface area contributed by atoms with Crippen LogP contribution >= 0.6 is 0 Å². The van der Waals surface area contributed by atoms with Crippen molar-refractivity contribution in [3.63, 3.8) is 0 Å². The second kappa shape index (κ2) is 7.13. The minimum Gasteiger partial charge on any atom is -0.497 e. The van der Waals surface area contributed by atoms with E-state index in [0.717, 1.165) is 6.42 Å². The minimum atomic E-state index is -0.885. The monoisotopic (exact) mass is 308 g/mol. The average Bonchev–Trinajstić information content (AvgIpc) is 2.95. The lowest BCUT2D eigenvalue weighted by Crippen LogP contribution is -2.40. The molecule has 1 unspecified atom stereocenters. The van der Waals surface area contributed by atoms with Crippen LogP contribution in [0.1, 0.15) is 12.8 Å². The van der Waals surface area contributed by atoms with Gasteiger partial charge < -0.3 is 19.9 Å². The topological polar surface area (TPSA) is 88.1 Å². The summed E-state index contributed by atoms with van der Waals surface area (Å²) in [5.74, 6) is -0.0463. The number of benzene rings is 1. The van der Waals surface area contributed by atoms with Crippen molar-refractivity contribution in [1.82, 2.24) is 4.90 Å². The van der Waals surface area contributed by atoms with Gasteiger partial charge in [-0.3, -0.25) is 14.5 Å². The second-order valence-corrected chi connectivity index (χ2v) is 5.08. The average molecular weight is 308 g/mol. The van der Waals surface area contributed by atoms with Gasteiger partial charge in [-0.05, 0) is 31.5 Å². The maximum atomic E-state index is 12.2. The molecule has 1 atom stereocenters. The number of carboxylic acids is 1. The Hall–Kier alpha value is -2.28. The number of carbonyl (C=O) groups is 2. The van der Waals surface area contributed by atoms with Crippen molar-refractivity contribution in [3.8, 4) is 11.5 Å². The zero-order valence-electron chi connectivity index (χ0n) is 12.7. The SMILES string of the molecule is COc1ccc(OC)c(NC(=O)CN2CCCC2C(=O)O)c1. The number of nitrogens with one attached hydrogen (secondary N) is 1. The number of methoxy groups -OCH3 is 2. The Morgan fingerprint density at radius 2 is 2.14 bits per heavy atom. The molecule has 0 aromatic heterocycles. The van der Waals surface area contributed by atoms with Crippen molar-refractivity contribution in [3.05, 3.63) is 18.2 Å². The zero-order chi connectivity index (χ0) is 16.1. The molecular weight excluding hydrogens is 288 g/mol. The smallest absolute Gasteiger partial charge is 0.320 e. The van der Waals surface area contributed by atoms with Gasteiger partial charge in [0.1, 0.15) is 17.5 Å². The molecule has 7 nitrogen and oxygen atoms in total. The molecule has 2 rings (SSSR count). The predicted octanol–water partition coefficient (Wildman–Crippen LogP) is 1.19. The Morgan fingerprint density at radius 1 is 1.36 bits per heavy atom. The molecule has 1 aliphatic heterocycles. The Bertz CT molecular complexity index is 561. The van der Waals surface area contributed by atoms with E-state index < -0.39 is 12.0 Å². The molecule has 120 valence electrons. The number of carbonyl (C=O) groups excluding carboxylic acids is 1. The molecule has 0 bridgehead atoms. The summed E-state index contributed by atoms with van der Waals surface area (Å²) in [6, 6.07) is 4.51. The van der Waals surface area contributed by atoms with Gasteiger partial charge in [-0.2, -0.15) is 0 Å². The molecule has 0 radical (unpaired) electrons. The highest BCUT2D eigenvalue weighted by Crippen LogP contribution is 2.29. The number of ether oxygens (including phenoxy) is 2. The van der Waals surface area contributed by atoms with E-state index in [2.05, 4.69) is 5.32 Å². The fourth-order valence-electron chi connectivity index (χ4n) is 2.58. The summed E-state index contributed by atoms with van der Waals surface area (Å²) in [6.07, 6.45) is 1.36. The van der Waals surface area contributed by atoms with Gasteiger partial charge in [0.2, 0.25) is 5.91 Å². The molecule has 1 aromatic rings. The first-order chi connectivity index (χ1) is 10.5. The van der Waals surface area contributed by atoms with Crippen LogP contribution in [-0.2, 0) is 9.59 Å². The first kappa shape index (κ1) is 16.1. The predicted molar refractivity (Wildman–Crippen MR) is 80.4 cm³/mol. The summed E-state index contributed by atoms with van der Waals surface area (Å²) in [6.45, 7) is 0.650. The summed E-state index contributed by atoms with van der Waals surface area (Å²) < 4.78 is 10.3. The van der Waals surface area contributed by atoms with Crippen molar-refractivity contribution >= 4 is 17.6 Å². The third kappa shape index (κ3) is 3.67. The van der Waals surface area contributed by atoms with E-state index in [-0.39, 0.29) is 12.5 Å². The maximum absolute atomic E-state index is 12.2. The lowest BCUT2D eigenvalue weighted by Gasteiger charge is -2.20. The van der Waals surface area contributed by atoms with Gasteiger partial charge in [0.05, 0.1) is 26.5 Å². The molecule has 7 heteroatoms. The van der Waals surface area contributed by atoms with Crippen LogP contribution in [0.15, 0.2) is 18.2 Å². The van der Waals surface area contributed by atoms with E-state index in [1.807, 2.05) is 0 Å². The summed E-state index contributed by atoms with van der Waals surface area (Å²) in [4.78, 5) is 25.0. The van der Waals surface area contributed by atoms with Crippen molar-refractivity contribution in [2.45, 2.75) is 18.9 Å². The number of nitrogens with zero attached hydrogens (tertiary/aromatic N) is 1. The Kier molecular flexibility index (Phi) is 5.21. The lowest BCUT2D eigenvalue weighted by atomic mass is 10.2. The molecule has 2 N–H and O–H groups in total. The first-order valence-electron chi connectivity index (χ1n) is 7.04. The summed E-state index contributed by atoms with van der Waals surface area (Å²) in [5.41, 5.74) is 0.498. The van der Waals surface area contributed by atoms with E-state index >= 15 is 0 Å². The maximum Gasteiger partial charge on any atom is 0.320 e. The van der Waals surface area contributed by atoms with Gasteiger partial charge >= 0.3 is 5.97 Å². The molecule has 1 aromatic carbocycles. The van der Waals surface area contributed by atoms with Crippen LogP contribution in [0.2, 0.25) is 0 Å². The van der Waals surface area contributed by atoms with Gasteiger partial charge in [-0.1, -0.05) is 0 Å². The summed E-state index contributed by atoms with van der Waals surface area (Å²) >= 11 is 0. The number of likely N-dealkylation sites (tertiary alicyclic amines) is 1. The van der Waals surface area contributed by atoms with Gasteiger partial charge in [0.15, 0.2) is 0 Å². The fourth-order valence-corrected chi connectivity index (χ4v) is 2.58. The molecule has 22 heavy (non-hydrogen) atoms. The quantitative estimate of drug-likeness (QED) is 0.821. The first-order valence-corrected chi connectivity index (χ1v) is 7.04. The molecule has 0 spiro atoms. The van der Waals surface area contributed by atoms with E-state index in [0.29, 0.717) is 30.2 Å². The largest absolute Gasteiger partial charge is 0.497 e. The van der Waals surface area contributed by atoms with Crippen molar-refractivity contribution in [2.75, 3.05) is 32.6 Å². The van der Waals surface area contributed by atoms with Crippen molar-refractivity contribution in [2.24, 2.45) is 0 Å². The molecule has 1 heterocycles. The van der Waals surface area contributed by atoms with Crippen LogP contribution in [0.3, 0.4) is 0 Å². The minimum absolute atomic E-state index is 0.0390. The zero-order valence-corrected chi connectivity index (χ0v) is 12.7. The fraction of sp³-hybridized carbons (Fsp3) is 0.467. The highest BCUT2D eigenvalue weighted by molar-refractivity contribution is 5.94. The standard InChI is InChI=1S/C15H20N2O5/c1-21-10-5-6-13(22-2)11(8-10)16-14(18)9-17-7-3-4-12(17)15(19)20/h5-6,8,12H,3-4,7,9H2,1-2H3,(H,16,18)(H,19,20). The molecule has 0 aliphatic carbocycles. The number of anilines is 1. The number of amides is 1. The molecule has 1 aliphatic rings. The second-order valence-electron chi connectivity index (χ2n) is 5.08. The molecule has 1 amide bonds. The number of carboxylic acid groups (broad SMARTS) is 1. The molecule has 0 saturated carbocycles. The third-order valence-corrected chi connectivity index (χ3v) is 3.68. The van der Waals surface area contributed by atoms with Crippen molar-refractivity contribution in [1.29, 1.82) is 0 Å². The molecule has 1 fully saturated rings. The number of hydrogen-bond donors (Lipinski definition) is 2. The van der Waals surface area contributed by atoms with E-state index in [4.69, 9.17) is 14.6 Å². The van der Waals surface area contributed by atoms with Crippen molar-refractivity contribution < 1.29 is 24.2 Å². The van der Waals surface area contributed by atoms with Crippen LogP contribution < -0.4 is 14.8 Å². The molecular formula is C15H20N2O5. The van der Waals surface area contributed by atoms with Gasteiger partial charge in [-0.15, -0.1) is 0 Å². The van der Waals surface area contributed by atoms with Crippen LogP contribution in [0.4, 0.5) is 5.69 Å². The van der Waals surface area contributed by atoms with Gasteiger partial charge in [0, 0.05) is 6.07 Å². The number of hydrogen-bond acceptors (Lipinski definition) is 5. The van der Waals surface area contributed by atoms with Gasteiger partial charge in [0.25, 0.3) is 0 Å². The van der Waals surface area contributed by atoms with Crippen LogP contribution in [0.5, 0.6) is 11.5 Å². The van der Waals surface area contributed by atoms with Gasteiger partial charge in [-0.25, -0.2) is 0 Å². The summed E-state index contributed by atoms with van der Waals surface area (Å²) in [5, 5.41) is 11.9. The molecule has 1 saturated heterocycles. The highest BCUT2D eigenvalue weighted by atomic mass is 16.5. The normalized spacial score (nSPS) is 18.0. The van der Waals surface area contributed by atoms with E-state index in [9.17, 15) is 9.59 Å². The Balaban J connectivity index is 2.04. The number of aliphatic carboxylic acids is 1. The summed E-state index contributed by atoms with van der Waals surface area (Å²) in [7, 11) is 3.05. The van der Waals surface area contributed by atoms with Crippen LogP contribution in [0, 0.1) is 0 Å². The van der Waals surface area contributed by atoms with E-state index in [1.54, 1.807) is 23.1 Å². The van der Waals surface area contributed by atoms with Crippen LogP contribution in [0.25, 0.3) is 0 Å². The highest BCUT2D eigenvalue weighted by Gasteiger charge is 2.31.